The van der Waals surface area contributed by atoms with Crippen LogP contribution in [0.1, 0.15) is 33.1 Å². The summed E-state index contributed by atoms with van der Waals surface area (Å²) in [5.41, 5.74) is 0. The molecule has 0 aromatic heterocycles. The standard InChI is InChI=1S/C9H17NO/c1-3-9-5-4-6-10(7-9)8(2)11/h9H,3-7H2,1-2H3/t9-/m1/s1. The van der Waals surface area contributed by atoms with Gasteiger partial charge in [0.05, 0.1) is 0 Å². The van der Waals surface area contributed by atoms with E-state index in [0.717, 1.165) is 19.0 Å². The van der Waals surface area contributed by atoms with Crippen molar-refractivity contribution in [3.05, 3.63) is 0 Å². The van der Waals surface area contributed by atoms with E-state index in [2.05, 4.69) is 6.92 Å². The molecule has 11 heavy (non-hydrogen) atoms. The van der Waals surface area contributed by atoms with Crippen LogP contribution in [0.2, 0.25) is 0 Å². The first-order chi connectivity index (χ1) is 5.24. The van der Waals surface area contributed by atoms with Gasteiger partial charge in [-0.05, 0) is 18.8 Å². The second kappa shape index (κ2) is 3.74. The molecule has 1 aliphatic rings. The van der Waals surface area contributed by atoms with Crippen molar-refractivity contribution >= 4 is 5.91 Å². The van der Waals surface area contributed by atoms with E-state index in [1.165, 1.54) is 19.3 Å². The number of hydrogen-bond donors (Lipinski definition) is 0. The lowest BCUT2D eigenvalue weighted by molar-refractivity contribution is -0.130. The monoisotopic (exact) mass is 155 g/mol. The molecule has 2 heteroatoms. The van der Waals surface area contributed by atoms with Gasteiger partial charge < -0.3 is 4.90 Å². The highest BCUT2D eigenvalue weighted by molar-refractivity contribution is 5.73. The number of rotatable bonds is 1. The molecule has 1 aliphatic heterocycles. The highest BCUT2D eigenvalue weighted by Crippen LogP contribution is 2.18. The quantitative estimate of drug-likeness (QED) is 0.564. The first-order valence-corrected chi connectivity index (χ1v) is 4.49. The van der Waals surface area contributed by atoms with Crippen molar-refractivity contribution in [1.29, 1.82) is 0 Å². The van der Waals surface area contributed by atoms with Gasteiger partial charge in [0.25, 0.3) is 0 Å². The Morgan fingerprint density at radius 1 is 1.64 bits per heavy atom. The Bertz CT molecular complexity index is 144. The van der Waals surface area contributed by atoms with E-state index in [-0.39, 0.29) is 5.91 Å². The SMILES string of the molecule is CC[C@@H]1CCCN(C(C)=O)C1. The Morgan fingerprint density at radius 2 is 2.36 bits per heavy atom. The van der Waals surface area contributed by atoms with Crippen molar-refractivity contribution in [3.8, 4) is 0 Å². The lowest BCUT2D eigenvalue weighted by Crippen LogP contribution is -2.38. The number of piperidine rings is 1. The van der Waals surface area contributed by atoms with Crippen LogP contribution >= 0.6 is 0 Å². The largest absolute Gasteiger partial charge is 0.343 e. The molecular formula is C9H17NO. The molecule has 1 saturated heterocycles. The van der Waals surface area contributed by atoms with E-state index in [0.29, 0.717) is 0 Å². The molecule has 0 aromatic rings. The summed E-state index contributed by atoms with van der Waals surface area (Å²) in [6, 6.07) is 0. The maximum absolute atomic E-state index is 11.0. The van der Waals surface area contributed by atoms with Gasteiger partial charge >= 0.3 is 0 Å². The topological polar surface area (TPSA) is 20.3 Å². The maximum atomic E-state index is 11.0. The van der Waals surface area contributed by atoms with E-state index in [1.54, 1.807) is 6.92 Å². The lowest BCUT2D eigenvalue weighted by Gasteiger charge is -2.31. The molecule has 0 radical (unpaired) electrons. The minimum atomic E-state index is 0.239. The van der Waals surface area contributed by atoms with Crippen molar-refractivity contribution in [2.75, 3.05) is 13.1 Å². The van der Waals surface area contributed by atoms with Gasteiger partial charge in [-0.15, -0.1) is 0 Å². The minimum absolute atomic E-state index is 0.239. The number of amides is 1. The molecule has 64 valence electrons. The van der Waals surface area contributed by atoms with Gasteiger partial charge in [0, 0.05) is 20.0 Å². The predicted molar refractivity (Wildman–Crippen MR) is 45.3 cm³/mol. The van der Waals surface area contributed by atoms with Crippen LogP contribution in [-0.4, -0.2) is 23.9 Å². The van der Waals surface area contributed by atoms with Gasteiger partial charge in [-0.2, -0.15) is 0 Å². The lowest BCUT2D eigenvalue weighted by atomic mass is 9.96. The molecular weight excluding hydrogens is 138 g/mol. The molecule has 1 atom stereocenters. The van der Waals surface area contributed by atoms with Crippen LogP contribution in [0.4, 0.5) is 0 Å². The third-order valence-corrected chi connectivity index (χ3v) is 2.54. The number of carbonyl (C=O) groups is 1. The van der Waals surface area contributed by atoms with Gasteiger partial charge in [-0.3, -0.25) is 4.79 Å². The second-order valence-corrected chi connectivity index (χ2v) is 3.38. The van der Waals surface area contributed by atoms with Crippen molar-refractivity contribution in [2.24, 2.45) is 5.92 Å². The van der Waals surface area contributed by atoms with Crippen molar-refractivity contribution < 1.29 is 4.79 Å². The first-order valence-electron chi connectivity index (χ1n) is 4.49. The van der Waals surface area contributed by atoms with Crippen LogP contribution in [0.5, 0.6) is 0 Å². The Morgan fingerprint density at radius 3 is 2.91 bits per heavy atom. The van der Waals surface area contributed by atoms with E-state index >= 15 is 0 Å². The molecule has 0 unspecified atom stereocenters. The normalized spacial score (nSPS) is 25.3. The highest BCUT2D eigenvalue weighted by Gasteiger charge is 2.19. The summed E-state index contributed by atoms with van der Waals surface area (Å²) in [4.78, 5) is 13.0. The van der Waals surface area contributed by atoms with E-state index < -0.39 is 0 Å². The summed E-state index contributed by atoms with van der Waals surface area (Å²) < 4.78 is 0. The smallest absolute Gasteiger partial charge is 0.219 e. The Kier molecular flexibility index (Phi) is 2.92. The fourth-order valence-corrected chi connectivity index (χ4v) is 1.68. The molecule has 0 aromatic carbocycles. The summed E-state index contributed by atoms with van der Waals surface area (Å²) in [6.45, 7) is 5.84. The van der Waals surface area contributed by atoms with Crippen LogP contribution in [0.25, 0.3) is 0 Å². The zero-order valence-corrected chi connectivity index (χ0v) is 7.47. The van der Waals surface area contributed by atoms with Crippen LogP contribution in [0.3, 0.4) is 0 Å². The summed E-state index contributed by atoms with van der Waals surface area (Å²) in [5, 5.41) is 0. The summed E-state index contributed by atoms with van der Waals surface area (Å²) in [6.07, 6.45) is 3.71. The van der Waals surface area contributed by atoms with Gasteiger partial charge in [0.2, 0.25) is 5.91 Å². The highest BCUT2D eigenvalue weighted by atomic mass is 16.2. The van der Waals surface area contributed by atoms with Crippen LogP contribution in [-0.2, 0) is 4.79 Å². The van der Waals surface area contributed by atoms with Crippen LogP contribution < -0.4 is 0 Å². The Labute approximate surface area is 68.6 Å². The molecule has 0 spiro atoms. The fourth-order valence-electron chi connectivity index (χ4n) is 1.68. The van der Waals surface area contributed by atoms with E-state index in [4.69, 9.17) is 0 Å². The number of hydrogen-bond acceptors (Lipinski definition) is 1. The number of likely N-dealkylation sites (tertiary alicyclic amines) is 1. The summed E-state index contributed by atoms with van der Waals surface area (Å²) >= 11 is 0. The first kappa shape index (κ1) is 8.57. The summed E-state index contributed by atoms with van der Waals surface area (Å²) in [5.74, 6) is 0.996. The zero-order valence-electron chi connectivity index (χ0n) is 7.47. The number of carbonyl (C=O) groups excluding carboxylic acids is 1. The third kappa shape index (κ3) is 2.21. The molecule has 1 amide bonds. The zero-order chi connectivity index (χ0) is 8.27. The summed E-state index contributed by atoms with van der Waals surface area (Å²) in [7, 11) is 0. The van der Waals surface area contributed by atoms with Crippen LogP contribution in [0.15, 0.2) is 0 Å². The van der Waals surface area contributed by atoms with Crippen LogP contribution in [0, 0.1) is 5.92 Å². The third-order valence-electron chi connectivity index (χ3n) is 2.54. The molecule has 0 bridgehead atoms. The van der Waals surface area contributed by atoms with Gasteiger partial charge in [-0.1, -0.05) is 13.3 Å². The van der Waals surface area contributed by atoms with Crippen molar-refractivity contribution in [2.45, 2.75) is 33.1 Å². The van der Waals surface area contributed by atoms with Crippen molar-refractivity contribution in [1.82, 2.24) is 4.90 Å². The minimum Gasteiger partial charge on any atom is -0.343 e. The maximum Gasteiger partial charge on any atom is 0.219 e. The molecule has 1 fully saturated rings. The molecule has 0 aliphatic carbocycles. The van der Waals surface area contributed by atoms with Gasteiger partial charge in [-0.25, -0.2) is 0 Å². The second-order valence-electron chi connectivity index (χ2n) is 3.38. The number of nitrogens with zero attached hydrogens (tertiary/aromatic N) is 1. The molecule has 1 rings (SSSR count). The predicted octanol–water partition coefficient (Wildman–Crippen LogP) is 1.65. The Hall–Kier alpha value is -0.530. The molecule has 2 nitrogen and oxygen atoms in total. The average molecular weight is 155 g/mol. The van der Waals surface area contributed by atoms with Gasteiger partial charge in [0.1, 0.15) is 0 Å². The van der Waals surface area contributed by atoms with E-state index in [1.807, 2.05) is 4.90 Å². The fraction of sp³-hybridized carbons (Fsp3) is 0.889. The molecule has 0 saturated carbocycles. The van der Waals surface area contributed by atoms with E-state index in [9.17, 15) is 4.79 Å². The molecule has 1 heterocycles. The average Bonchev–Trinajstić information content (AvgIpc) is 2.05. The molecule has 0 N–H and O–H groups in total. The van der Waals surface area contributed by atoms with Gasteiger partial charge in [0.15, 0.2) is 0 Å². The Balaban J connectivity index is 2.39. The van der Waals surface area contributed by atoms with Crippen molar-refractivity contribution in [3.63, 3.8) is 0 Å².